The van der Waals surface area contributed by atoms with Crippen molar-refractivity contribution < 1.29 is 10.2 Å². The summed E-state index contributed by atoms with van der Waals surface area (Å²) in [5.41, 5.74) is 2.01. The van der Waals surface area contributed by atoms with E-state index in [1.165, 1.54) is 0 Å². The predicted octanol–water partition coefficient (Wildman–Crippen LogP) is 4.54. The Morgan fingerprint density at radius 1 is 0.818 bits per heavy atom. The Hall–Kier alpha value is -2.48. The van der Waals surface area contributed by atoms with Crippen molar-refractivity contribution in [3.05, 3.63) is 84.0 Å². The molecule has 112 valence electrons. The fraction of sp³-hybridized carbons (Fsp3) is 0.200. The lowest BCUT2D eigenvalue weighted by atomic mass is 9.63. The second kappa shape index (κ2) is 5.72. The molecule has 0 bridgehead atoms. The topological polar surface area (TPSA) is 40.5 Å². The van der Waals surface area contributed by atoms with Crippen LogP contribution in [0.2, 0.25) is 0 Å². The molecule has 0 aliphatic heterocycles. The third kappa shape index (κ3) is 2.31. The van der Waals surface area contributed by atoms with Crippen LogP contribution in [0.3, 0.4) is 0 Å². The van der Waals surface area contributed by atoms with Crippen LogP contribution >= 0.6 is 0 Å². The van der Waals surface area contributed by atoms with Gasteiger partial charge in [0.1, 0.15) is 11.5 Å². The molecule has 0 amide bonds. The Balaban J connectivity index is 2.21. The first-order valence-electron chi connectivity index (χ1n) is 7.62. The number of hydrogen-bond acceptors (Lipinski definition) is 2. The molecule has 0 saturated heterocycles. The third-order valence-corrected chi connectivity index (χ3v) is 4.53. The zero-order valence-electron chi connectivity index (χ0n) is 12.6. The van der Waals surface area contributed by atoms with E-state index in [2.05, 4.69) is 31.2 Å². The van der Waals surface area contributed by atoms with Crippen molar-refractivity contribution in [2.75, 3.05) is 0 Å². The smallest absolute Gasteiger partial charge is 0.115 e. The predicted molar refractivity (Wildman–Crippen MR) is 89.1 cm³/mol. The van der Waals surface area contributed by atoms with E-state index in [0.29, 0.717) is 5.92 Å². The SMILES string of the molecule is CCC1C=CC=CC1(c1ccc(O)cc1)c1ccc(O)cc1. The number of benzene rings is 2. The molecule has 1 aliphatic carbocycles. The number of phenols is 2. The van der Waals surface area contributed by atoms with Gasteiger partial charge in [-0.15, -0.1) is 0 Å². The van der Waals surface area contributed by atoms with E-state index in [9.17, 15) is 10.2 Å². The highest BCUT2D eigenvalue weighted by atomic mass is 16.3. The molecule has 1 atom stereocenters. The maximum Gasteiger partial charge on any atom is 0.115 e. The summed E-state index contributed by atoms with van der Waals surface area (Å²) in [6.07, 6.45) is 9.63. The van der Waals surface area contributed by atoms with Crippen LogP contribution in [0.15, 0.2) is 72.8 Å². The zero-order chi connectivity index (χ0) is 15.6. The number of allylic oxidation sites excluding steroid dienone is 4. The van der Waals surface area contributed by atoms with E-state index >= 15 is 0 Å². The standard InChI is InChI=1S/C20H20O2/c1-2-15-5-3-4-14-20(15,16-6-10-18(21)11-7-16)17-8-12-19(22)13-9-17/h3-15,21-22H,2H2,1H3. The molecule has 2 N–H and O–H groups in total. The van der Waals surface area contributed by atoms with Crippen molar-refractivity contribution in [2.24, 2.45) is 5.92 Å². The summed E-state index contributed by atoms with van der Waals surface area (Å²) < 4.78 is 0. The van der Waals surface area contributed by atoms with Crippen LogP contribution in [-0.2, 0) is 5.41 Å². The van der Waals surface area contributed by atoms with Gasteiger partial charge in [0.2, 0.25) is 0 Å². The maximum atomic E-state index is 9.60. The van der Waals surface area contributed by atoms with E-state index < -0.39 is 0 Å². The quantitative estimate of drug-likeness (QED) is 0.872. The molecule has 0 heterocycles. The summed E-state index contributed by atoms with van der Waals surface area (Å²) >= 11 is 0. The fourth-order valence-corrected chi connectivity index (χ4v) is 3.40. The summed E-state index contributed by atoms with van der Waals surface area (Å²) in [7, 11) is 0. The Morgan fingerprint density at radius 2 is 1.32 bits per heavy atom. The lowest BCUT2D eigenvalue weighted by Gasteiger charge is -2.39. The highest BCUT2D eigenvalue weighted by Crippen LogP contribution is 2.45. The molecule has 2 aromatic rings. The summed E-state index contributed by atoms with van der Waals surface area (Å²) in [6.45, 7) is 2.18. The van der Waals surface area contributed by atoms with Crippen molar-refractivity contribution in [3.8, 4) is 11.5 Å². The van der Waals surface area contributed by atoms with Gasteiger partial charge in [0.15, 0.2) is 0 Å². The van der Waals surface area contributed by atoms with Crippen LogP contribution in [-0.4, -0.2) is 10.2 Å². The molecule has 1 unspecified atom stereocenters. The number of phenolic OH excluding ortho intramolecular Hbond substituents is 2. The van der Waals surface area contributed by atoms with Crippen LogP contribution in [0, 0.1) is 5.92 Å². The Bertz CT molecular complexity index is 648. The zero-order valence-corrected chi connectivity index (χ0v) is 12.6. The molecule has 2 nitrogen and oxygen atoms in total. The molecule has 0 aromatic heterocycles. The van der Waals surface area contributed by atoms with Gasteiger partial charge in [-0.05, 0) is 47.7 Å². The first kappa shape index (κ1) is 14.5. The molecule has 2 heteroatoms. The average molecular weight is 292 g/mol. The average Bonchev–Trinajstić information content (AvgIpc) is 2.56. The highest BCUT2D eigenvalue weighted by Gasteiger charge is 2.38. The summed E-state index contributed by atoms with van der Waals surface area (Å²) in [5.74, 6) is 0.868. The molecule has 0 spiro atoms. The van der Waals surface area contributed by atoms with E-state index in [1.54, 1.807) is 24.3 Å². The number of aromatic hydroxyl groups is 2. The minimum atomic E-state index is -0.273. The highest BCUT2D eigenvalue weighted by molar-refractivity contribution is 5.50. The number of hydrogen-bond donors (Lipinski definition) is 2. The summed E-state index contributed by atoms with van der Waals surface area (Å²) in [6, 6.07) is 14.9. The molecule has 1 aliphatic rings. The molecule has 2 aromatic carbocycles. The Morgan fingerprint density at radius 3 is 1.77 bits per heavy atom. The Labute approximate surface area is 131 Å². The van der Waals surface area contributed by atoms with Gasteiger partial charge in [0.25, 0.3) is 0 Å². The monoisotopic (exact) mass is 292 g/mol. The van der Waals surface area contributed by atoms with Gasteiger partial charge in [-0.25, -0.2) is 0 Å². The van der Waals surface area contributed by atoms with Crippen molar-refractivity contribution in [1.82, 2.24) is 0 Å². The fourth-order valence-electron chi connectivity index (χ4n) is 3.40. The third-order valence-electron chi connectivity index (χ3n) is 4.53. The van der Waals surface area contributed by atoms with E-state index in [0.717, 1.165) is 17.5 Å². The van der Waals surface area contributed by atoms with E-state index in [4.69, 9.17) is 0 Å². The van der Waals surface area contributed by atoms with Gasteiger partial charge >= 0.3 is 0 Å². The molecule has 3 rings (SSSR count). The van der Waals surface area contributed by atoms with Gasteiger partial charge in [0, 0.05) is 5.41 Å². The lowest BCUT2D eigenvalue weighted by molar-refractivity contribution is 0.439. The molecule has 0 fully saturated rings. The van der Waals surface area contributed by atoms with Crippen molar-refractivity contribution >= 4 is 0 Å². The van der Waals surface area contributed by atoms with Crippen LogP contribution < -0.4 is 0 Å². The minimum Gasteiger partial charge on any atom is -0.508 e. The van der Waals surface area contributed by atoms with E-state index in [-0.39, 0.29) is 16.9 Å². The maximum absolute atomic E-state index is 9.60. The van der Waals surface area contributed by atoms with Gasteiger partial charge in [-0.3, -0.25) is 0 Å². The first-order chi connectivity index (χ1) is 10.7. The van der Waals surface area contributed by atoms with Crippen LogP contribution in [0.5, 0.6) is 11.5 Å². The molecular formula is C20H20O2. The molecule has 0 saturated carbocycles. The van der Waals surface area contributed by atoms with Crippen LogP contribution in [0.4, 0.5) is 0 Å². The summed E-state index contributed by atoms with van der Waals surface area (Å²) in [4.78, 5) is 0. The summed E-state index contributed by atoms with van der Waals surface area (Å²) in [5, 5.41) is 19.2. The molecule has 0 radical (unpaired) electrons. The lowest BCUT2D eigenvalue weighted by Crippen LogP contribution is -2.34. The van der Waals surface area contributed by atoms with Crippen LogP contribution in [0.1, 0.15) is 24.5 Å². The van der Waals surface area contributed by atoms with Gasteiger partial charge in [0.05, 0.1) is 0 Å². The van der Waals surface area contributed by atoms with Gasteiger partial charge < -0.3 is 10.2 Å². The number of rotatable bonds is 3. The van der Waals surface area contributed by atoms with E-state index in [1.807, 2.05) is 24.3 Å². The molecule has 22 heavy (non-hydrogen) atoms. The first-order valence-corrected chi connectivity index (χ1v) is 7.62. The second-order valence-electron chi connectivity index (χ2n) is 5.72. The van der Waals surface area contributed by atoms with Crippen molar-refractivity contribution in [1.29, 1.82) is 0 Å². The molecular weight excluding hydrogens is 272 g/mol. The largest absolute Gasteiger partial charge is 0.508 e. The van der Waals surface area contributed by atoms with Gasteiger partial charge in [-0.2, -0.15) is 0 Å². The minimum absolute atomic E-state index is 0.271. The van der Waals surface area contributed by atoms with Crippen LogP contribution in [0.25, 0.3) is 0 Å². The second-order valence-corrected chi connectivity index (χ2v) is 5.72. The van der Waals surface area contributed by atoms with Crippen molar-refractivity contribution in [3.63, 3.8) is 0 Å². The van der Waals surface area contributed by atoms with Crippen molar-refractivity contribution in [2.45, 2.75) is 18.8 Å². The Kier molecular flexibility index (Phi) is 3.76. The normalized spacial score (nSPS) is 19.2. The van der Waals surface area contributed by atoms with Gasteiger partial charge in [-0.1, -0.05) is 55.5 Å².